The zero-order valence-corrected chi connectivity index (χ0v) is 12.4. The van der Waals surface area contributed by atoms with Crippen LogP contribution in [0.1, 0.15) is 12.5 Å². The van der Waals surface area contributed by atoms with Crippen LogP contribution in [0.25, 0.3) is 20.8 Å². The number of fused-ring (bicyclic) bond motifs is 1. The van der Waals surface area contributed by atoms with Crippen LogP contribution in [0, 0.1) is 5.92 Å². The molecule has 0 saturated heterocycles. The van der Waals surface area contributed by atoms with E-state index >= 15 is 0 Å². The van der Waals surface area contributed by atoms with E-state index in [-0.39, 0.29) is 0 Å². The number of aromatic nitrogens is 1. The Hall–Kier alpha value is -2.20. The maximum Gasteiger partial charge on any atom is 0.306 e. The van der Waals surface area contributed by atoms with Crippen molar-refractivity contribution in [2.75, 3.05) is 0 Å². The Labute approximate surface area is 126 Å². The van der Waals surface area contributed by atoms with E-state index < -0.39 is 11.9 Å². The highest BCUT2D eigenvalue weighted by molar-refractivity contribution is 7.21. The summed E-state index contributed by atoms with van der Waals surface area (Å²) in [6.07, 6.45) is 0.515. The maximum atomic E-state index is 11.1. The van der Waals surface area contributed by atoms with E-state index in [1.807, 2.05) is 42.5 Å². The smallest absolute Gasteiger partial charge is 0.306 e. The molecule has 1 aromatic heterocycles. The minimum absolute atomic E-state index is 0.402. The van der Waals surface area contributed by atoms with E-state index in [4.69, 9.17) is 5.11 Å². The highest BCUT2D eigenvalue weighted by atomic mass is 32.1. The standard InChI is InChI=1S/C17H15NO2S/c1-11(17(19)20)10-12-6-2-3-7-13(12)16-18-14-8-4-5-9-15(14)21-16/h2-9,11H,10H2,1H3,(H,19,20). The molecular weight excluding hydrogens is 282 g/mol. The molecule has 0 aliphatic carbocycles. The lowest BCUT2D eigenvalue weighted by atomic mass is 9.97. The highest BCUT2D eigenvalue weighted by Crippen LogP contribution is 2.32. The summed E-state index contributed by atoms with van der Waals surface area (Å²) >= 11 is 1.64. The van der Waals surface area contributed by atoms with Gasteiger partial charge in [0.25, 0.3) is 0 Å². The molecule has 0 fully saturated rings. The van der Waals surface area contributed by atoms with Crippen LogP contribution in [0.5, 0.6) is 0 Å². The van der Waals surface area contributed by atoms with E-state index in [2.05, 4.69) is 11.1 Å². The lowest BCUT2D eigenvalue weighted by molar-refractivity contribution is -0.141. The molecule has 0 bridgehead atoms. The molecule has 0 spiro atoms. The predicted molar refractivity (Wildman–Crippen MR) is 85.6 cm³/mol. The Morgan fingerprint density at radius 3 is 2.67 bits per heavy atom. The van der Waals surface area contributed by atoms with Gasteiger partial charge in [-0.1, -0.05) is 43.3 Å². The van der Waals surface area contributed by atoms with Crippen LogP contribution in [0.4, 0.5) is 0 Å². The first-order valence-electron chi connectivity index (χ1n) is 6.82. The van der Waals surface area contributed by atoms with Gasteiger partial charge in [0.2, 0.25) is 0 Å². The Morgan fingerprint density at radius 2 is 1.90 bits per heavy atom. The second-order valence-corrected chi connectivity index (χ2v) is 6.12. The van der Waals surface area contributed by atoms with Crippen molar-refractivity contribution in [3.8, 4) is 10.6 Å². The number of thiazole rings is 1. The summed E-state index contributed by atoms with van der Waals surface area (Å²) < 4.78 is 1.15. The van der Waals surface area contributed by atoms with Gasteiger partial charge in [0, 0.05) is 5.56 Å². The van der Waals surface area contributed by atoms with Crippen molar-refractivity contribution < 1.29 is 9.90 Å². The number of aliphatic carboxylic acids is 1. The summed E-state index contributed by atoms with van der Waals surface area (Å²) in [5.74, 6) is -1.17. The molecule has 3 rings (SSSR count). The first-order valence-corrected chi connectivity index (χ1v) is 7.63. The second-order valence-electron chi connectivity index (χ2n) is 5.09. The van der Waals surface area contributed by atoms with Gasteiger partial charge in [0.15, 0.2) is 0 Å². The Morgan fingerprint density at radius 1 is 1.19 bits per heavy atom. The SMILES string of the molecule is CC(Cc1ccccc1-c1nc2ccccc2s1)C(=O)O. The fourth-order valence-corrected chi connectivity index (χ4v) is 3.34. The van der Waals surface area contributed by atoms with E-state index in [1.165, 1.54) is 0 Å². The van der Waals surface area contributed by atoms with Crippen molar-refractivity contribution in [1.29, 1.82) is 0 Å². The molecule has 21 heavy (non-hydrogen) atoms. The van der Waals surface area contributed by atoms with Crippen molar-refractivity contribution in [1.82, 2.24) is 4.98 Å². The van der Waals surface area contributed by atoms with Gasteiger partial charge < -0.3 is 5.11 Å². The number of benzene rings is 2. The molecule has 1 unspecified atom stereocenters. The summed E-state index contributed by atoms with van der Waals surface area (Å²) in [5.41, 5.74) is 3.05. The molecule has 3 nitrogen and oxygen atoms in total. The molecule has 1 atom stereocenters. The summed E-state index contributed by atoms with van der Waals surface area (Å²) in [6, 6.07) is 15.9. The minimum Gasteiger partial charge on any atom is -0.481 e. The first kappa shape index (κ1) is 13.8. The molecule has 0 radical (unpaired) electrons. The lowest BCUT2D eigenvalue weighted by Gasteiger charge is -2.10. The fraction of sp³-hybridized carbons (Fsp3) is 0.176. The van der Waals surface area contributed by atoms with Gasteiger partial charge in [-0.3, -0.25) is 4.79 Å². The van der Waals surface area contributed by atoms with Crippen molar-refractivity contribution in [2.24, 2.45) is 5.92 Å². The number of carbonyl (C=O) groups is 1. The monoisotopic (exact) mass is 297 g/mol. The largest absolute Gasteiger partial charge is 0.481 e. The summed E-state index contributed by atoms with van der Waals surface area (Å²) in [7, 11) is 0. The zero-order valence-electron chi connectivity index (χ0n) is 11.6. The van der Waals surface area contributed by atoms with Gasteiger partial charge in [-0.05, 0) is 24.1 Å². The minimum atomic E-state index is -0.769. The fourth-order valence-electron chi connectivity index (χ4n) is 2.31. The van der Waals surface area contributed by atoms with E-state index in [0.29, 0.717) is 6.42 Å². The second kappa shape index (κ2) is 5.66. The molecule has 0 saturated carbocycles. The van der Waals surface area contributed by atoms with E-state index in [0.717, 1.165) is 26.4 Å². The number of hydrogen-bond donors (Lipinski definition) is 1. The highest BCUT2D eigenvalue weighted by Gasteiger charge is 2.16. The van der Waals surface area contributed by atoms with Gasteiger partial charge in [-0.25, -0.2) is 4.98 Å². The molecule has 4 heteroatoms. The van der Waals surface area contributed by atoms with E-state index in [1.54, 1.807) is 18.3 Å². The van der Waals surface area contributed by atoms with Gasteiger partial charge >= 0.3 is 5.97 Å². The topological polar surface area (TPSA) is 50.2 Å². The molecule has 2 aromatic carbocycles. The number of hydrogen-bond acceptors (Lipinski definition) is 3. The Bertz CT molecular complexity index is 761. The molecule has 0 aliphatic rings. The third-order valence-electron chi connectivity index (χ3n) is 3.49. The normalized spacial score (nSPS) is 12.4. The molecular formula is C17H15NO2S. The average molecular weight is 297 g/mol. The molecule has 0 amide bonds. The summed E-state index contributed by atoms with van der Waals surface area (Å²) in [5, 5.41) is 10.1. The molecule has 1 N–H and O–H groups in total. The Kier molecular flexibility index (Phi) is 3.71. The van der Waals surface area contributed by atoms with Crippen molar-refractivity contribution >= 4 is 27.5 Å². The van der Waals surface area contributed by atoms with Crippen LogP contribution in [0.15, 0.2) is 48.5 Å². The maximum absolute atomic E-state index is 11.1. The van der Waals surface area contributed by atoms with Crippen LogP contribution in [0.2, 0.25) is 0 Å². The van der Waals surface area contributed by atoms with Crippen LogP contribution >= 0.6 is 11.3 Å². The van der Waals surface area contributed by atoms with Crippen molar-refractivity contribution in [3.05, 3.63) is 54.1 Å². The number of carboxylic acids is 1. The lowest BCUT2D eigenvalue weighted by Crippen LogP contribution is -2.12. The van der Waals surface area contributed by atoms with Crippen LogP contribution in [-0.4, -0.2) is 16.1 Å². The van der Waals surface area contributed by atoms with Crippen LogP contribution in [-0.2, 0) is 11.2 Å². The van der Waals surface area contributed by atoms with Crippen molar-refractivity contribution in [2.45, 2.75) is 13.3 Å². The number of para-hydroxylation sites is 1. The summed E-state index contributed by atoms with van der Waals surface area (Å²) in [6.45, 7) is 1.73. The quantitative estimate of drug-likeness (QED) is 0.784. The average Bonchev–Trinajstić information content (AvgIpc) is 2.91. The molecule has 106 valence electrons. The first-order chi connectivity index (χ1) is 10.1. The van der Waals surface area contributed by atoms with Crippen molar-refractivity contribution in [3.63, 3.8) is 0 Å². The van der Waals surface area contributed by atoms with Gasteiger partial charge in [-0.2, -0.15) is 0 Å². The van der Waals surface area contributed by atoms with Crippen LogP contribution < -0.4 is 0 Å². The number of nitrogens with zero attached hydrogens (tertiary/aromatic N) is 1. The third-order valence-corrected chi connectivity index (χ3v) is 4.56. The summed E-state index contributed by atoms with van der Waals surface area (Å²) in [4.78, 5) is 15.7. The molecule has 1 heterocycles. The predicted octanol–water partition coefficient (Wildman–Crippen LogP) is 4.23. The Balaban J connectivity index is 2.03. The molecule has 3 aromatic rings. The zero-order chi connectivity index (χ0) is 14.8. The van der Waals surface area contributed by atoms with Gasteiger partial charge in [0.05, 0.1) is 16.1 Å². The van der Waals surface area contributed by atoms with E-state index in [9.17, 15) is 4.79 Å². The molecule has 0 aliphatic heterocycles. The van der Waals surface area contributed by atoms with Gasteiger partial charge in [0.1, 0.15) is 5.01 Å². The third kappa shape index (κ3) is 2.81. The number of rotatable bonds is 4. The van der Waals surface area contributed by atoms with Gasteiger partial charge in [-0.15, -0.1) is 11.3 Å². The number of carboxylic acid groups (broad SMARTS) is 1. The van der Waals surface area contributed by atoms with Crippen LogP contribution in [0.3, 0.4) is 0 Å².